The molecule has 0 unspecified atom stereocenters. The first-order chi connectivity index (χ1) is 14.5. The number of hydrogen-bond acceptors (Lipinski definition) is 3. The molecule has 3 rings (SSSR count). The van der Waals surface area contributed by atoms with Crippen molar-refractivity contribution >= 4 is 21.4 Å². The second-order valence-corrected chi connectivity index (χ2v) is 10.6. The lowest BCUT2D eigenvalue weighted by molar-refractivity contribution is -0.138. The second-order valence-electron chi connectivity index (χ2n) is 8.08. The van der Waals surface area contributed by atoms with Crippen LogP contribution in [0.2, 0.25) is 0 Å². The molecular weight excluding hydrogens is 460 g/mol. The van der Waals surface area contributed by atoms with Crippen molar-refractivity contribution < 1.29 is 39.6 Å². The smallest absolute Gasteiger partial charge is 0.312 e. The molecule has 0 aliphatic carbocycles. The minimum absolute atomic E-state index is 0.102. The van der Waals surface area contributed by atoms with Crippen molar-refractivity contribution in [3.63, 3.8) is 0 Å². The molecule has 4 nitrogen and oxygen atoms in total. The monoisotopic (exact) mass is 479 g/mol. The Hall–Kier alpha value is -2.56. The van der Waals surface area contributed by atoms with Crippen molar-refractivity contribution in [3.05, 3.63) is 59.7 Å². The number of hydrogen-bond donors (Lipinski definition) is 0. The van der Waals surface area contributed by atoms with Crippen LogP contribution in [0.15, 0.2) is 53.4 Å². The first-order valence-electron chi connectivity index (χ1n) is 9.44. The third-order valence-corrected chi connectivity index (χ3v) is 8.37. The molecule has 32 heavy (non-hydrogen) atoms. The zero-order valence-electron chi connectivity index (χ0n) is 17.0. The molecule has 2 aromatic carbocycles. The largest absolute Gasteiger partial charge is 0.416 e. The Morgan fingerprint density at radius 2 is 1.44 bits per heavy atom. The van der Waals surface area contributed by atoms with Crippen LogP contribution in [-0.4, -0.2) is 25.6 Å². The number of anilines is 1. The van der Waals surface area contributed by atoms with Gasteiger partial charge in [-0.15, -0.1) is 0 Å². The highest BCUT2D eigenvalue weighted by Crippen LogP contribution is 2.41. The number of halogens is 6. The Balaban J connectivity index is 1.89. The van der Waals surface area contributed by atoms with Gasteiger partial charge in [0.1, 0.15) is 0 Å². The standard InChI is InChI=1S/C21H19F6NO3S/c1-19(2,32(30,31)17-5-3-4-14(10-17)21(25,26)27)15-11-18(29)28(12-15)16-8-6-13(7-9-16)20(22,23)24/h3-10,15H,11-12H2,1-2H3/t15-/m0/s1. The number of nitrogens with zero attached hydrogens (tertiary/aromatic N) is 1. The number of benzene rings is 2. The Morgan fingerprint density at radius 3 is 1.97 bits per heavy atom. The Bertz CT molecular complexity index is 1120. The molecule has 0 N–H and O–H groups in total. The highest BCUT2D eigenvalue weighted by atomic mass is 32.2. The van der Waals surface area contributed by atoms with Gasteiger partial charge in [0.15, 0.2) is 9.84 Å². The van der Waals surface area contributed by atoms with Gasteiger partial charge in [-0.1, -0.05) is 6.07 Å². The van der Waals surface area contributed by atoms with E-state index < -0.39 is 54.8 Å². The van der Waals surface area contributed by atoms with Gasteiger partial charge < -0.3 is 4.90 Å². The minimum Gasteiger partial charge on any atom is -0.312 e. The van der Waals surface area contributed by atoms with Gasteiger partial charge in [0, 0.05) is 24.6 Å². The van der Waals surface area contributed by atoms with Gasteiger partial charge in [-0.2, -0.15) is 26.3 Å². The van der Waals surface area contributed by atoms with E-state index in [1.54, 1.807) is 0 Å². The van der Waals surface area contributed by atoms with Crippen molar-refractivity contribution in [3.8, 4) is 0 Å². The third-order valence-electron chi connectivity index (χ3n) is 5.78. The molecule has 1 aliphatic rings. The van der Waals surface area contributed by atoms with Gasteiger partial charge >= 0.3 is 12.4 Å². The van der Waals surface area contributed by atoms with Crippen LogP contribution in [0.4, 0.5) is 32.0 Å². The van der Waals surface area contributed by atoms with Crippen LogP contribution in [0.5, 0.6) is 0 Å². The molecule has 1 amide bonds. The summed E-state index contributed by atoms with van der Waals surface area (Å²) < 4.78 is 102. The van der Waals surface area contributed by atoms with Crippen LogP contribution >= 0.6 is 0 Å². The van der Waals surface area contributed by atoms with Crippen LogP contribution in [0.3, 0.4) is 0 Å². The molecule has 0 saturated carbocycles. The second kappa shape index (κ2) is 7.79. The molecule has 1 saturated heterocycles. The summed E-state index contributed by atoms with van der Waals surface area (Å²) in [5.74, 6) is -1.28. The molecule has 11 heteroatoms. The summed E-state index contributed by atoms with van der Waals surface area (Å²) in [6.07, 6.45) is -9.48. The van der Waals surface area contributed by atoms with Crippen LogP contribution in [-0.2, 0) is 27.0 Å². The van der Waals surface area contributed by atoms with E-state index in [2.05, 4.69) is 0 Å². The lowest BCUT2D eigenvalue weighted by atomic mass is 9.94. The van der Waals surface area contributed by atoms with Crippen LogP contribution in [0.1, 0.15) is 31.4 Å². The lowest BCUT2D eigenvalue weighted by Gasteiger charge is -2.31. The van der Waals surface area contributed by atoms with Crippen LogP contribution < -0.4 is 4.90 Å². The zero-order chi connectivity index (χ0) is 24.1. The molecule has 174 valence electrons. The van der Waals surface area contributed by atoms with Gasteiger partial charge in [0.25, 0.3) is 0 Å². The number of rotatable bonds is 4. The summed E-state index contributed by atoms with van der Waals surface area (Å²) in [7, 11) is -4.29. The van der Waals surface area contributed by atoms with Gasteiger partial charge in [-0.25, -0.2) is 8.42 Å². The highest BCUT2D eigenvalue weighted by Gasteiger charge is 2.48. The van der Waals surface area contributed by atoms with E-state index in [1.165, 1.54) is 18.7 Å². The maximum atomic E-state index is 13.2. The molecule has 1 heterocycles. The summed E-state index contributed by atoms with van der Waals surface area (Å²) in [6.45, 7) is 2.56. The Morgan fingerprint density at radius 1 is 0.875 bits per heavy atom. The first-order valence-corrected chi connectivity index (χ1v) is 10.9. The molecule has 1 atom stereocenters. The van der Waals surface area contributed by atoms with Crippen molar-refractivity contribution in [1.29, 1.82) is 0 Å². The molecular formula is C21H19F6NO3S. The summed E-state index contributed by atoms with van der Waals surface area (Å²) >= 11 is 0. The van der Waals surface area contributed by atoms with E-state index in [-0.39, 0.29) is 18.7 Å². The maximum Gasteiger partial charge on any atom is 0.416 e. The lowest BCUT2D eigenvalue weighted by Crippen LogP contribution is -2.41. The first kappa shape index (κ1) is 24.1. The van der Waals surface area contributed by atoms with E-state index in [4.69, 9.17) is 0 Å². The fraction of sp³-hybridized carbons (Fsp3) is 0.381. The molecule has 1 aliphatic heterocycles. The molecule has 0 spiro atoms. The van der Waals surface area contributed by atoms with Gasteiger partial charge in [-0.05, 0) is 56.3 Å². The van der Waals surface area contributed by atoms with Crippen LogP contribution in [0.25, 0.3) is 0 Å². The normalized spacial score (nSPS) is 18.3. The van der Waals surface area contributed by atoms with E-state index in [0.717, 1.165) is 42.5 Å². The number of alkyl halides is 6. The van der Waals surface area contributed by atoms with Gasteiger partial charge in [-0.3, -0.25) is 4.79 Å². The van der Waals surface area contributed by atoms with Crippen molar-refractivity contribution in [2.24, 2.45) is 5.92 Å². The number of carbonyl (C=O) groups is 1. The average molecular weight is 479 g/mol. The minimum atomic E-state index is -4.72. The molecule has 0 aromatic heterocycles. The van der Waals surface area contributed by atoms with E-state index in [9.17, 15) is 39.6 Å². The zero-order valence-corrected chi connectivity index (χ0v) is 17.8. The van der Waals surface area contributed by atoms with Crippen LogP contribution in [0, 0.1) is 5.92 Å². The van der Waals surface area contributed by atoms with E-state index >= 15 is 0 Å². The Kier molecular flexibility index (Phi) is 5.86. The number of amides is 1. The fourth-order valence-corrected chi connectivity index (χ4v) is 5.36. The quantitative estimate of drug-likeness (QED) is 0.557. The van der Waals surface area contributed by atoms with Crippen molar-refractivity contribution in [2.45, 2.75) is 42.3 Å². The van der Waals surface area contributed by atoms with E-state index in [0.29, 0.717) is 6.07 Å². The molecule has 0 radical (unpaired) electrons. The third kappa shape index (κ3) is 4.35. The van der Waals surface area contributed by atoms with Crippen molar-refractivity contribution in [2.75, 3.05) is 11.4 Å². The summed E-state index contributed by atoms with van der Waals surface area (Å²) in [4.78, 5) is 13.2. The van der Waals surface area contributed by atoms with Gasteiger partial charge in [0.05, 0.1) is 20.8 Å². The highest BCUT2D eigenvalue weighted by molar-refractivity contribution is 7.92. The fourth-order valence-electron chi connectivity index (χ4n) is 3.62. The van der Waals surface area contributed by atoms with Crippen molar-refractivity contribution in [1.82, 2.24) is 0 Å². The number of carbonyl (C=O) groups excluding carboxylic acids is 1. The summed E-state index contributed by atoms with van der Waals surface area (Å²) in [5.41, 5.74) is -1.82. The number of sulfone groups is 1. The SMILES string of the molecule is CC(C)([C@H]1CC(=O)N(c2ccc(C(F)(F)F)cc2)C1)S(=O)(=O)c1cccc(C(F)(F)F)c1. The molecule has 1 fully saturated rings. The molecule has 2 aromatic rings. The maximum absolute atomic E-state index is 13.2. The predicted molar refractivity (Wildman–Crippen MR) is 105 cm³/mol. The predicted octanol–water partition coefficient (Wildman–Crippen LogP) is 5.33. The average Bonchev–Trinajstić information content (AvgIpc) is 3.09. The summed E-state index contributed by atoms with van der Waals surface area (Å²) in [6, 6.07) is 7.27. The molecule has 0 bridgehead atoms. The van der Waals surface area contributed by atoms with Gasteiger partial charge in [0.2, 0.25) is 5.91 Å². The van der Waals surface area contributed by atoms with E-state index in [1.807, 2.05) is 0 Å². The summed E-state index contributed by atoms with van der Waals surface area (Å²) in [5, 5.41) is 0. The topological polar surface area (TPSA) is 54.5 Å². The Labute approximate surface area is 180 Å².